The van der Waals surface area contributed by atoms with Crippen LogP contribution in [0, 0.1) is 5.41 Å². The van der Waals surface area contributed by atoms with Crippen molar-refractivity contribution in [3.8, 4) is 0 Å². The van der Waals surface area contributed by atoms with Crippen molar-refractivity contribution in [1.82, 2.24) is 20.4 Å². The first-order chi connectivity index (χ1) is 21.2. The maximum atomic E-state index is 14.1. The summed E-state index contributed by atoms with van der Waals surface area (Å²) < 4.78 is 11.4. The number of hydrogen-bond acceptors (Lipinski definition) is 6. The van der Waals surface area contributed by atoms with Crippen molar-refractivity contribution in [3.63, 3.8) is 0 Å². The summed E-state index contributed by atoms with van der Waals surface area (Å²) in [5, 5.41) is 5.50. The normalized spacial score (nSPS) is 21.3. The molecule has 2 N–H and O–H groups in total. The number of carbonyl (C=O) groups excluding carboxylic acids is 4. The first-order valence-corrected chi connectivity index (χ1v) is 15.7. The SMILES string of the molecule is CN1CC(c2ccccc2)C2(CCCN(C(=O)[C@@H](COCc3ccccc3)NC(=O)C(C)(C)OC(=O)NC(C)(C)C)CC2)C1=O. The molecule has 2 aliphatic heterocycles. The summed E-state index contributed by atoms with van der Waals surface area (Å²) in [6, 6.07) is 18.7. The summed E-state index contributed by atoms with van der Waals surface area (Å²) in [6.07, 6.45) is 1.11. The Labute approximate surface area is 266 Å². The number of nitrogens with zero attached hydrogens (tertiary/aromatic N) is 2. The van der Waals surface area contributed by atoms with Gasteiger partial charge < -0.3 is 29.9 Å². The fourth-order valence-electron chi connectivity index (χ4n) is 6.32. The third-order valence-corrected chi connectivity index (χ3v) is 8.66. The van der Waals surface area contributed by atoms with Gasteiger partial charge in [0, 0.05) is 38.1 Å². The van der Waals surface area contributed by atoms with E-state index < -0.39 is 34.6 Å². The Morgan fingerprint density at radius 1 is 0.956 bits per heavy atom. The van der Waals surface area contributed by atoms with E-state index in [1.165, 1.54) is 13.8 Å². The van der Waals surface area contributed by atoms with Gasteiger partial charge in [-0.3, -0.25) is 14.4 Å². The van der Waals surface area contributed by atoms with Crippen molar-refractivity contribution in [3.05, 3.63) is 71.8 Å². The van der Waals surface area contributed by atoms with Crippen LogP contribution in [0.4, 0.5) is 4.79 Å². The second kappa shape index (κ2) is 14.0. The summed E-state index contributed by atoms with van der Waals surface area (Å²) in [5.74, 6) is -0.753. The van der Waals surface area contributed by atoms with Gasteiger partial charge in [-0.15, -0.1) is 0 Å². The van der Waals surface area contributed by atoms with Crippen molar-refractivity contribution in [2.24, 2.45) is 5.41 Å². The molecular formula is C35H48N4O6. The number of likely N-dealkylation sites (N-methyl/N-ethyl adjacent to an activating group) is 1. The molecule has 10 heteroatoms. The average molecular weight is 621 g/mol. The van der Waals surface area contributed by atoms with Gasteiger partial charge in [0.1, 0.15) is 6.04 Å². The third-order valence-electron chi connectivity index (χ3n) is 8.66. The van der Waals surface area contributed by atoms with Gasteiger partial charge in [-0.1, -0.05) is 60.7 Å². The Balaban J connectivity index is 1.50. The number of rotatable bonds is 9. The van der Waals surface area contributed by atoms with Crippen LogP contribution in [0.1, 0.15) is 70.9 Å². The number of benzene rings is 2. The van der Waals surface area contributed by atoms with Crippen LogP contribution in [-0.2, 0) is 30.5 Å². The first kappa shape index (κ1) is 34.0. The summed E-state index contributed by atoms with van der Waals surface area (Å²) in [5.41, 5.74) is -0.631. The molecule has 2 fully saturated rings. The lowest BCUT2D eigenvalue weighted by atomic mass is 9.69. The molecule has 10 nitrogen and oxygen atoms in total. The van der Waals surface area contributed by atoms with Crippen LogP contribution >= 0.6 is 0 Å². The molecule has 4 rings (SSSR count). The van der Waals surface area contributed by atoms with Gasteiger partial charge in [0.25, 0.3) is 5.91 Å². The van der Waals surface area contributed by atoms with Crippen LogP contribution in [0.15, 0.2) is 60.7 Å². The van der Waals surface area contributed by atoms with Gasteiger partial charge in [-0.2, -0.15) is 0 Å². The van der Waals surface area contributed by atoms with Gasteiger partial charge >= 0.3 is 6.09 Å². The van der Waals surface area contributed by atoms with Crippen LogP contribution in [-0.4, -0.2) is 84.1 Å². The molecule has 2 aromatic rings. The number of ether oxygens (including phenoxy) is 2. The Morgan fingerprint density at radius 3 is 2.24 bits per heavy atom. The van der Waals surface area contributed by atoms with Crippen LogP contribution in [0.25, 0.3) is 0 Å². The number of carbonyl (C=O) groups is 4. The Bertz CT molecular complexity index is 1340. The highest BCUT2D eigenvalue weighted by Gasteiger charge is 2.53. The molecule has 244 valence electrons. The van der Waals surface area contributed by atoms with Gasteiger partial charge in [0.2, 0.25) is 11.8 Å². The van der Waals surface area contributed by atoms with E-state index >= 15 is 0 Å². The van der Waals surface area contributed by atoms with Crippen molar-refractivity contribution < 1.29 is 28.7 Å². The zero-order valence-electron chi connectivity index (χ0n) is 27.4. The Morgan fingerprint density at radius 2 is 1.60 bits per heavy atom. The standard InChI is InChI=1S/C35H48N4O6/c1-33(2,3)37-32(43)45-34(4,5)30(41)36-28(24-44-23-25-14-9-7-10-15-25)29(40)39-20-13-18-35(19-21-39)27(22-38(6)31(35)42)26-16-11-8-12-17-26/h7-12,14-17,27-28H,13,18-24H2,1-6H3,(H,36,41)(H,37,43)/t27?,28-,35?/m1/s1. The van der Waals surface area contributed by atoms with E-state index in [-0.39, 0.29) is 30.9 Å². The van der Waals surface area contributed by atoms with E-state index in [1.807, 2.05) is 81.2 Å². The monoisotopic (exact) mass is 620 g/mol. The van der Waals surface area contributed by atoms with E-state index in [9.17, 15) is 19.2 Å². The molecule has 2 aliphatic rings. The maximum Gasteiger partial charge on any atom is 0.408 e. The molecule has 0 aliphatic carbocycles. The van der Waals surface area contributed by atoms with E-state index in [1.54, 1.807) is 4.90 Å². The van der Waals surface area contributed by atoms with Crippen LogP contribution in [0.2, 0.25) is 0 Å². The summed E-state index contributed by atoms with van der Waals surface area (Å²) in [4.78, 5) is 57.2. The lowest BCUT2D eigenvalue weighted by Crippen LogP contribution is -2.57. The van der Waals surface area contributed by atoms with Crippen molar-refractivity contribution >= 4 is 23.8 Å². The molecule has 2 aromatic carbocycles. The van der Waals surface area contributed by atoms with Gasteiger partial charge in [0.15, 0.2) is 5.60 Å². The fraction of sp³-hybridized carbons (Fsp3) is 0.543. The summed E-state index contributed by atoms with van der Waals surface area (Å²) in [6.45, 7) is 10.1. The largest absolute Gasteiger partial charge is 0.433 e. The predicted molar refractivity (Wildman–Crippen MR) is 171 cm³/mol. The zero-order chi connectivity index (χ0) is 32.8. The van der Waals surface area contributed by atoms with Crippen LogP contribution in [0.3, 0.4) is 0 Å². The predicted octanol–water partition coefficient (Wildman–Crippen LogP) is 4.25. The van der Waals surface area contributed by atoms with E-state index in [0.29, 0.717) is 38.9 Å². The van der Waals surface area contributed by atoms with E-state index in [4.69, 9.17) is 9.47 Å². The lowest BCUT2D eigenvalue weighted by molar-refractivity contribution is -0.144. The molecule has 3 atom stereocenters. The van der Waals surface area contributed by atoms with E-state index in [2.05, 4.69) is 22.8 Å². The zero-order valence-corrected chi connectivity index (χ0v) is 27.4. The number of hydrogen-bond donors (Lipinski definition) is 2. The molecule has 0 bridgehead atoms. The third kappa shape index (κ3) is 8.42. The minimum Gasteiger partial charge on any atom is -0.433 e. The van der Waals surface area contributed by atoms with Crippen molar-refractivity contribution in [2.75, 3.05) is 33.3 Å². The van der Waals surface area contributed by atoms with Crippen molar-refractivity contribution in [1.29, 1.82) is 0 Å². The molecule has 0 radical (unpaired) electrons. The fourth-order valence-corrected chi connectivity index (χ4v) is 6.32. The smallest absolute Gasteiger partial charge is 0.408 e. The number of likely N-dealkylation sites (tertiary alicyclic amines) is 2. The maximum absolute atomic E-state index is 14.1. The Hall–Kier alpha value is -3.92. The molecule has 1 spiro atoms. The minimum atomic E-state index is -1.56. The summed E-state index contributed by atoms with van der Waals surface area (Å²) in [7, 11) is 1.85. The Kier molecular flexibility index (Phi) is 10.6. The van der Waals surface area contributed by atoms with Gasteiger partial charge in [0.05, 0.1) is 18.6 Å². The molecular weight excluding hydrogens is 572 g/mol. The molecule has 0 saturated carbocycles. The van der Waals surface area contributed by atoms with Crippen LogP contribution < -0.4 is 10.6 Å². The number of alkyl carbamates (subject to hydrolysis) is 1. The highest BCUT2D eigenvalue weighted by molar-refractivity contribution is 5.92. The van der Waals surface area contributed by atoms with Crippen molar-refractivity contribution in [2.45, 2.75) is 83.6 Å². The number of amides is 4. The summed E-state index contributed by atoms with van der Waals surface area (Å²) >= 11 is 0. The first-order valence-electron chi connectivity index (χ1n) is 15.7. The van der Waals surface area contributed by atoms with E-state index in [0.717, 1.165) is 11.1 Å². The molecule has 2 saturated heterocycles. The second-order valence-corrected chi connectivity index (χ2v) is 13.8. The average Bonchev–Trinajstić information content (AvgIpc) is 3.11. The van der Waals surface area contributed by atoms with Gasteiger partial charge in [-0.25, -0.2) is 4.79 Å². The topological polar surface area (TPSA) is 117 Å². The van der Waals surface area contributed by atoms with Gasteiger partial charge in [-0.05, 0) is 65.0 Å². The minimum absolute atomic E-state index is 0.0353. The number of nitrogens with one attached hydrogen (secondary N) is 2. The second-order valence-electron chi connectivity index (χ2n) is 13.8. The highest BCUT2D eigenvalue weighted by Crippen LogP contribution is 2.50. The quantitative estimate of drug-likeness (QED) is 0.433. The molecule has 2 unspecified atom stereocenters. The molecule has 0 aromatic heterocycles. The van der Waals surface area contributed by atoms with Crippen LogP contribution in [0.5, 0.6) is 0 Å². The lowest BCUT2D eigenvalue weighted by Gasteiger charge is -2.33. The molecule has 45 heavy (non-hydrogen) atoms. The highest BCUT2D eigenvalue weighted by atomic mass is 16.6. The molecule has 2 heterocycles. The molecule has 4 amide bonds.